The van der Waals surface area contributed by atoms with Crippen LogP contribution in [0.15, 0.2) is 42.5 Å². The van der Waals surface area contributed by atoms with Gasteiger partial charge in [0, 0.05) is 18.3 Å². The molecule has 110 valence electrons. The van der Waals surface area contributed by atoms with Crippen LogP contribution in [0.25, 0.3) is 0 Å². The second kappa shape index (κ2) is 5.76. The van der Waals surface area contributed by atoms with Gasteiger partial charge in [0.15, 0.2) is 0 Å². The van der Waals surface area contributed by atoms with Gasteiger partial charge in [0.05, 0.1) is 7.11 Å². The zero-order valence-corrected chi connectivity index (χ0v) is 12.5. The molecule has 0 bridgehead atoms. The van der Waals surface area contributed by atoms with Gasteiger partial charge in [-0.05, 0) is 61.2 Å². The molecule has 0 amide bonds. The van der Waals surface area contributed by atoms with Crippen molar-refractivity contribution in [3.05, 3.63) is 59.4 Å². The number of aryl methyl sites for hydroxylation is 1. The van der Waals surface area contributed by atoms with E-state index in [2.05, 4.69) is 24.0 Å². The second-order valence-electron chi connectivity index (χ2n) is 5.64. The van der Waals surface area contributed by atoms with E-state index >= 15 is 0 Å². The molecular weight excluding hydrogens is 265 g/mol. The smallest absolute Gasteiger partial charge is 0.123 e. The highest BCUT2D eigenvalue weighted by Gasteiger charge is 2.23. The average Bonchev–Trinajstić information content (AvgIpc) is 2.50. The number of benzene rings is 2. The molecule has 0 aliphatic carbocycles. The first-order valence-corrected chi connectivity index (χ1v) is 7.35. The Balaban J connectivity index is 1.91. The number of anilines is 1. The lowest BCUT2D eigenvalue weighted by Gasteiger charge is -2.37. The molecule has 1 aliphatic rings. The lowest BCUT2D eigenvalue weighted by atomic mass is 9.96. The number of hydrogen-bond donors (Lipinski definition) is 0. The molecule has 0 saturated carbocycles. The molecule has 3 rings (SSSR count). The third kappa shape index (κ3) is 2.87. The first-order chi connectivity index (χ1) is 10.2. The Kier molecular flexibility index (Phi) is 3.82. The van der Waals surface area contributed by atoms with Gasteiger partial charge in [-0.25, -0.2) is 4.39 Å². The SMILES string of the molecule is COc1cccc(CN2c3ccc(F)cc3CCC2C)c1. The summed E-state index contributed by atoms with van der Waals surface area (Å²) in [6, 6.07) is 13.7. The van der Waals surface area contributed by atoms with Crippen LogP contribution < -0.4 is 9.64 Å². The van der Waals surface area contributed by atoms with Crippen LogP contribution in [-0.4, -0.2) is 13.2 Å². The van der Waals surface area contributed by atoms with Gasteiger partial charge in [-0.15, -0.1) is 0 Å². The van der Waals surface area contributed by atoms with Gasteiger partial charge in [0.2, 0.25) is 0 Å². The van der Waals surface area contributed by atoms with Gasteiger partial charge in [-0.2, -0.15) is 0 Å². The van der Waals surface area contributed by atoms with E-state index < -0.39 is 0 Å². The van der Waals surface area contributed by atoms with E-state index in [-0.39, 0.29) is 5.82 Å². The number of halogens is 1. The molecule has 1 heterocycles. The molecule has 0 aromatic heterocycles. The third-order valence-corrected chi connectivity index (χ3v) is 4.20. The van der Waals surface area contributed by atoms with Crippen LogP contribution in [0.4, 0.5) is 10.1 Å². The van der Waals surface area contributed by atoms with Gasteiger partial charge in [-0.3, -0.25) is 0 Å². The van der Waals surface area contributed by atoms with Gasteiger partial charge >= 0.3 is 0 Å². The van der Waals surface area contributed by atoms with Crippen molar-refractivity contribution in [1.82, 2.24) is 0 Å². The standard InChI is InChI=1S/C18H20FNO/c1-13-6-7-15-11-16(19)8-9-18(15)20(13)12-14-4-3-5-17(10-14)21-2/h3-5,8-11,13H,6-7,12H2,1-2H3. The molecule has 3 heteroatoms. The predicted molar refractivity (Wildman–Crippen MR) is 83.4 cm³/mol. The maximum Gasteiger partial charge on any atom is 0.123 e. The Labute approximate surface area is 125 Å². The molecule has 0 saturated heterocycles. The highest BCUT2D eigenvalue weighted by atomic mass is 19.1. The van der Waals surface area contributed by atoms with Crippen molar-refractivity contribution in [2.45, 2.75) is 32.4 Å². The summed E-state index contributed by atoms with van der Waals surface area (Å²) in [6.07, 6.45) is 2.00. The minimum atomic E-state index is -0.148. The lowest BCUT2D eigenvalue weighted by molar-refractivity contribution is 0.414. The average molecular weight is 285 g/mol. The summed E-state index contributed by atoms with van der Waals surface area (Å²) in [7, 11) is 1.68. The highest BCUT2D eigenvalue weighted by Crippen LogP contribution is 2.32. The second-order valence-corrected chi connectivity index (χ2v) is 5.64. The molecule has 2 aromatic rings. The van der Waals surface area contributed by atoms with E-state index in [9.17, 15) is 4.39 Å². The monoisotopic (exact) mass is 285 g/mol. The maximum atomic E-state index is 13.4. The summed E-state index contributed by atoms with van der Waals surface area (Å²) in [5, 5.41) is 0. The van der Waals surface area contributed by atoms with Crippen LogP contribution in [-0.2, 0) is 13.0 Å². The fourth-order valence-corrected chi connectivity index (χ4v) is 3.00. The van der Waals surface area contributed by atoms with Crippen molar-refractivity contribution in [2.24, 2.45) is 0 Å². The largest absolute Gasteiger partial charge is 0.497 e. The Morgan fingerprint density at radius 3 is 2.90 bits per heavy atom. The fourth-order valence-electron chi connectivity index (χ4n) is 3.00. The Morgan fingerprint density at radius 2 is 2.10 bits per heavy atom. The van der Waals surface area contributed by atoms with E-state index in [0.717, 1.165) is 36.4 Å². The van der Waals surface area contributed by atoms with E-state index in [0.29, 0.717) is 6.04 Å². The minimum Gasteiger partial charge on any atom is -0.497 e. The molecule has 0 N–H and O–H groups in total. The molecule has 1 atom stereocenters. The Hall–Kier alpha value is -2.03. The van der Waals surface area contributed by atoms with Crippen LogP contribution >= 0.6 is 0 Å². The van der Waals surface area contributed by atoms with Crippen LogP contribution in [0.1, 0.15) is 24.5 Å². The Morgan fingerprint density at radius 1 is 1.24 bits per heavy atom. The summed E-state index contributed by atoms with van der Waals surface area (Å²) in [5.74, 6) is 0.723. The van der Waals surface area contributed by atoms with Gasteiger partial charge in [0.1, 0.15) is 11.6 Å². The molecule has 21 heavy (non-hydrogen) atoms. The minimum absolute atomic E-state index is 0.148. The summed E-state index contributed by atoms with van der Waals surface area (Å²) in [4.78, 5) is 2.35. The fraction of sp³-hybridized carbons (Fsp3) is 0.333. The molecule has 1 aliphatic heterocycles. The number of fused-ring (bicyclic) bond motifs is 1. The quantitative estimate of drug-likeness (QED) is 0.839. The summed E-state index contributed by atoms with van der Waals surface area (Å²) < 4.78 is 18.7. The van der Waals surface area contributed by atoms with E-state index in [1.165, 1.54) is 5.56 Å². The number of hydrogen-bond acceptors (Lipinski definition) is 2. The number of ether oxygens (including phenoxy) is 1. The van der Waals surface area contributed by atoms with Gasteiger partial charge < -0.3 is 9.64 Å². The summed E-state index contributed by atoms with van der Waals surface area (Å²) in [6.45, 7) is 3.05. The number of nitrogens with zero attached hydrogens (tertiary/aromatic N) is 1. The molecule has 0 fully saturated rings. The van der Waals surface area contributed by atoms with E-state index in [1.54, 1.807) is 19.2 Å². The predicted octanol–water partition coefficient (Wildman–Crippen LogP) is 4.18. The molecule has 0 radical (unpaired) electrons. The van der Waals surface area contributed by atoms with Crippen LogP contribution in [0, 0.1) is 5.82 Å². The molecule has 0 spiro atoms. The van der Waals surface area contributed by atoms with E-state index in [4.69, 9.17) is 4.74 Å². The van der Waals surface area contributed by atoms with E-state index in [1.807, 2.05) is 18.2 Å². The molecule has 1 unspecified atom stereocenters. The van der Waals surface area contributed by atoms with Crippen molar-refractivity contribution in [3.8, 4) is 5.75 Å². The van der Waals surface area contributed by atoms with Crippen molar-refractivity contribution in [1.29, 1.82) is 0 Å². The van der Waals surface area contributed by atoms with Gasteiger partial charge in [-0.1, -0.05) is 12.1 Å². The maximum absolute atomic E-state index is 13.4. The first kappa shape index (κ1) is 13.9. The van der Waals surface area contributed by atoms with Gasteiger partial charge in [0.25, 0.3) is 0 Å². The van der Waals surface area contributed by atoms with Crippen LogP contribution in [0.2, 0.25) is 0 Å². The first-order valence-electron chi connectivity index (χ1n) is 7.35. The highest BCUT2D eigenvalue weighted by molar-refractivity contribution is 5.57. The van der Waals surface area contributed by atoms with Crippen molar-refractivity contribution in [2.75, 3.05) is 12.0 Å². The molecule has 2 aromatic carbocycles. The van der Waals surface area contributed by atoms with Crippen molar-refractivity contribution in [3.63, 3.8) is 0 Å². The molecule has 2 nitrogen and oxygen atoms in total. The number of methoxy groups -OCH3 is 1. The Bertz CT molecular complexity index is 641. The van der Waals surface area contributed by atoms with Crippen LogP contribution in [0.3, 0.4) is 0 Å². The molecular formula is C18H20FNO. The zero-order valence-electron chi connectivity index (χ0n) is 12.5. The topological polar surface area (TPSA) is 12.5 Å². The van der Waals surface area contributed by atoms with Crippen molar-refractivity contribution < 1.29 is 9.13 Å². The summed E-state index contributed by atoms with van der Waals surface area (Å²) >= 11 is 0. The van der Waals surface area contributed by atoms with Crippen LogP contribution in [0.5, 0.6) is 5.75 Å². The summed E-state index contributed by atoms with van der Waals surface area (Å²) in [5.41, 5.74) is 3.47. The number of rotatable bonds is 3. The normalized spacial score (nSPS) is 17.5. The lowest BCUT2D eigenvalue weighted by Crippen LogP contribution is -2.36. The van der Waals surface area contributed by atoms with Crippen molar-refractivity contribution >= 4 is 5.69 Å². The zero-order chi connectivity index (χ0) is 14.8. The third-order valence-electron chi connectivity index (χ3n) is 4.20.